The summed E-state index contributed by atoms with van der Waals surface area (Å²) in [6.45, 7) is 0. The first-order valence-electron chi connectivity index (χ1n) is 7.80. The molecule has 0 unspecified atom stereocenters. The van der Waals surface area contributed by atoms with Crippen LogP contribution >= 0.6 is 0 Å². The Hall–Kier alpha value is -3.03. The smallest absolute Gasteiger partial charge is 0.402 e. The number of aromatic carboxylic acids is 1. The van der Waals surface area contributed by atoms with E-state index >= 15 is 0 Å². The molecule has 0 spiro atoms. The number of carbonyl (C=O) groups is 1. The van der Waals surface area contributed by atoms with Crippen LogP contribution in [0.4, 0.5) is 11.6 Å². The molecule has 0 aromatic carbocycles. The van der Waals surface area contributed by atoms with Crippen LogP contribution in [0.3, 0.4) is 0 Å². The van der Waals surface area contributed by atoms with Crippen LogP contribution in [0.1, 0.15) is 10.5 Å². The van der Waals surface area contributed by atoms with Crippen molar-refractivity contribution in [2.75, 3.05) is 9.62 Å². The first-order valence-corrected chi connectivity index (χ1v) is 7.80. The van der Waals surface area contributed by atoms with E-state index in [1.807, 2.05) is 66.0 Å². The summed E-state index contributed by atoms with van der Waals surface area (Å²) in [4.78, 5) is 26.2. The second kappa shape index (κ2) is 10.2. The Morgan fingerprint density at radius 1 is 0.778 bits per heavy atom. The average Bonchev–Trinajstić information content (AvgIpc) is 3.21. The summed E-state index contributed by atoms with van der Waals surface area (Å²) >= 11 is 0. The number of nitrogens with zero attached hydrogens (tertiary/aromatic N) is 5. The van der Waals surface area contributed by atoms with Gasteiger partial charge in [-0.3, -0.25) is 0 Å². The van der Waals surface area contributed by atoms with E-state index in [9.17, 15) is 4.79 Å². The van der Waals surface area contributed by atoms with Crippen molar-refractivity contribution in [3.05, 3.63) is 91.3 Å². The third kappa shape index (κ3) is 5.74. The minimum atomic E-state index is -0.990. The van der Waals surface area contributed by atoms with Crippen molar-refractivity contribution in [2.24, 2.45) is 0 Å². The molecule has 1 aliphatic heterocycles. The van der Waals surface area contributed by atoms with Crippen LogP contribution < -0.4 is 9.62 Å². The third-order valence-corrected chi connectivity index (χ3v) is 3.35. The van der Waals surface area contributed by atoms with Gasteiger partial charge in [-0.25, -0.2) is 19.7 Å². The van der Waals surface area contributed by atoms with Crippen molar-refractivity contribution >= 4 is 25.2 Å². The number of anilines is 2. The number of carboxylic acid groups (broad SMARTS) is 1. The summed E-state index contributed by atoms with van der Waals surface area (Å²) in [6, 6.07) is 16.4. The van der Waals surface area contributed by atoms with Crippen molar-refractivity contribution < 1.29 is 30.0 Å². The molecule has 0 fully saturated rings. The number of aromatic nitrogens is 3. The van der Waals surface area contributed by atoms with Crippen molar-refractivity contribution in [1.29, 1.82) is 0 Å². The van der Waals surface area contributed by atoms with Gasteiger partial charge in [0.25, 0.3) is 0 Å². The summed E-state index contributed by atoms with van der Waals surface area (Å²) in [6.07, 6.45) is 8.92. The molecule has 0 bridgehead atoms. The first kappa shape index (κ1) is 20.3. The fourth-order valence-electron chi connectivity index (χ4n) is 2.13. The first-order chi connectivity index (χ1) is 12.7. The fraction of sp³-hybridized carbons (Fsp3) is 0. The summed E-state index contributed by atoms with van der Waals surface area (Å²) < 4.78 is 0. The Morgan fingerprint density at radius 2 is 1.26 bits per heavy atom. The molecule has 9 heteroatoms. The van der Waals surface area contributed by atoms with Gasteiger partial charge in [-0.05, 0) is 36.4 Å². The molecule has 1 N–H and O–H groups in total. The van der Waals surface area contributed by atoms with Gasteiger partial charge in [0, 0.05) is 51.1 Å². The van der Waals surface area contributed by atoms with Crippen molar-refractivity contribution in [1.82, 2.24) is 15.0 Å². The molecular formula is C18H15BIrN5O2. The van der Waals surface area contributed by atoms with Crippen LogP contribution in [0.2, 0.25) is 0 Å². The molecule has 136 valence electrons. The number of hydrogen-bond acceptors (Lipinski definition) is 6. The molecule has 1 aliphatic rings. The van der Waals surface area contributed by atoms with Gasteiger partial charge in [-0.15, -0.1) is 0 Å². The van der Waals surface area contributed by atoms with E-state index in [1.165, 1.54) is 12.3 Å². The average molecular weight is 536 g/mol. The van der Waals surface area contributed by atoms with Gasteiger partial charge in [0.1, 0.15) is 17.3 Å². The number of carboxylic acids is 1. The molecule has 0 amide bonds. The minimum absolute atomic E-state index is 0. The van der Waals surface area contributed by atoms with E-state index in [0.717, 1.165) is 11.6 Å². The number of pyridine rings is 3. The van der Waals surface area contributed by atoms with E-state index in [-0.39, 0.29) is 25.8 Å². The van der Waals surface area contributed by atoms with Gasteiger partial charge in [-0.2, -0.15) is 0 Å². The second-order valence-electron chi connectivity index (χ2n) is 5.12. The minimum Gasteiger partial charge on any atom is -0.477 e. The predicted octanol–water partition coefficient (Wildman–Crippen LogP) is 2.59. The van der Waals surface area contributed by atoms with Crippen molar-refractivity contribution in [2.45, 2.75) is 0 Å². The summed E-state index contributed by atoms with van der Waals surface area (Å²) in [5.74, 6) is 0.792. The van der Waals surface area contributed by atoms with Crippen LogP contribution in [0, 0.1) is 0 Å². The van der Waals surface area contributed by atoms with E-state index < -0.39 is 5.97 Å². The largest absolute Gasteiger partial charge is 0.477 e. The van der Waals surface area contributed by atoms with Crippen LogP contribution in [-0.4, -0.2) is 33.6 Å². The molecule has 0 atom stereocenters. The summed E-state index contributed by atoms with van der Waals surface area (Å²) in [7, 11) is 1.95. The molecule has 27 heavy (non-hydrogen) atoms. The fourth-order valence-corrected chi connectivity index (χ4v) is 2.13. The second-order valence-corrected chi connectivity index (χ2v) is 5.12. The summed E-state index contributed by atoms with van der Waals surface area (Å²) in [5.41, 5.74) is 0.0810. The van der Waals surface area contributed by atoms with Gasteiger partial charge in [-0.1, -0.05) is 18.2 Å². The van der Waals surface area contributed by atoms with E-state index in [4.69, 9.17) is 5.11 Å². The van der Waals surface area contributed by atoms with Crippen LogP contribution in [-0.2, 0) is 20.1 Å². The zero-order valence-corrected chi connectivity index (χ0v) is 16.5. The normalized spacial score (nSPS) is 11.7. The predicted molar refractivity (Wildman–Crippen MR) is 99.5 cm³/mol. The van der Waals surface area contributed by atoms with Gasteiger partial charge >= 0.3 is 13.5 Å². The zero-order valence-electron chi connectivity index (χ0n) is 14.1. The Morgan fingerprint density at radius 3 is 1.59 bits per heavy atom. The van der Waals surface area contributed by atoms with Gasteiger partial charge in [0.05, 0.1) is 0 Å². The Balaban J connectivity index is 0.000000224. The summed E-state index contributed by atoms with van der Waals surface area (Å²) in [5, 5.41) is 8.32. The Bertz CT molecular complexity index is 821. The van der Waals surface area contributed by atoms with Gasteiger partial charge in [0.2, 0.25) is 0 Å². The van der Waals surface area contributed by atoms with Crippen LogP contribution in [0.5, 0.6) is 0 Å². The Kier molecular flexibility index (Phi) is 7.67. The van der Waals surface area contributed by atoms with Crippen LogP contribution in [0.25, 0.3) is 0 Å². The molecule has 3 aromatic rings. The SMILES string of the molecule is O=C(O)c1ccccn1.[B]1N(c2ccccn2)C=CN1c1ccccn1.[Ir]. The molecule has 4 rings (SSSR count). The molecule has 0 saturated carbocycles. The molecule has 3 aromatic heterocycles. The van der Waals surface area contributed by atoms with Gasteiger partial charge in [0.15, 0.2) is 0 Å². The molecule has 7 nitrogen and oxygen atoms in total. The quantitative estimate of drug-likeness (QED) is 0.516. The third-order valence-electron chi connectivity index (χ3n) is 3.35. The zero-order chi connectivity index (χ0) is 18.2. The number of rotatable bonds is 3. The maximum atomic E-state index is 10.1. The molecule has 2 radical (unpaired) electrons. The maximum Gasteiger partial charge on any atom is 0.402 e. The van der Waals surface area contributed by atoms with E-state index in [0.29, 0.717) is 0 Å². The van der Waals surface area contributed by atoms with Gasteiger partial charge < -0.3 is 14.7 Å². The Labute approximate surface area is 171 Å². The van der Waals surface area contributed by atoms with E-state index in [1.54, 1.807) is 24.5 Å². The monoisotopic (exact) mass is 537 g/mol. The van der Waals surface area contributed by atoms with Crippen LogP contribution in [0.15, 0.2) is 85.6 Å². The molecule has 0 saturated heterocycles. The topological polar surface area (TPSA) is 82.4 Å². The molecule has 0 aliphatic carbocycles. The standard InChI is InChI=1S/C12H10BN4.C6H5NO2.Ir/c1-3-7-14-11(5-1)16-9-10-17(13-16)12-6-2-4-8-15-12;8-6(9)5-3-1-2-4-7-5;/h1-10H;1-4H,(H,8,9);. The molecular weight excluding hydrogens is 521 g/mol. The van der Waals surface area contributed by atoms with Crippen molar-refractivity contribution in [3.63, 3.8) is 0 Å². The van der Waals surface area contributed by atoms with E-state index in [2.05, 4.69) is 15.0 Å². The molecule has 4 heterocycles. The number of hydrogen-bond donors (Lipinski definition) is 1. The van der Waals surface area contributed by atoms with Crippen molar-refractivity contribution in [3.8, 4) is 0 Å². The maximum absolute atomic E-state index is 10.1.